The number of nitrogens with zero attached hydrogens (tertiary/aromatic N) is 2. The molecule has 0 spiro atoms. The number of aryl methyl sites for hydroxylation is 1. The molecule has 1 heterocycles. The largest absolute Gasteiger partial charge is 0.247 e. The van der Waals surface area contributed by atoms with E-state index >= 15 is 0 Å². The van der Waals surface area contributed by atoms with Gasteiger partial charge in [0.25, 0.3) is 0 Å². The molecule has 1 aromatic heterocycles. The summed E-state index contributed by atoms with van der Waals surface area (Å²) in [6, 6.07) is 0. The third-order valence-electron chi connectivity index (χ3n) is 1.03. The van der Waals surface area contributed by atoms with Crippen molar-refractivity contribution in [1.82, 2.24) is 9.78 Å². The molecule has 0 aliphatic rings. The van der Waals surface area contributed by atoms with Gasteiger partial charge < -0.3 is 0 Å². The van der Waals surface area contributed by atoms with Gasteiger partial charge in [-0.25, -0.2) is 9.07 Å². The predicted molar refractivity (Wildman–Crippen MR) is 27.8 cm³/mol. The molecule has 0 saturated heterocycles. The first-order valence-electron chi connectivity index (χ1n) is 2.62. The number of rotatable bonds is 1. The van der Waals surface area contributed by atoms with Crippen molar-refractivity contribution in [3.8, 4) is 0 Å². The maximum absolute atomic E-state index is 12.3. The summed E-state index contributed by atoms with van der Waals surface area (Å²) in [4.78, 5) is 0. The first-order chi connectivity index (χ1) is 4.25. The van der Waals surface area contributed by atoms with E-state index in [0.29, 0.717) is 6.54 Å². The van der Waals surface area contributed by atoms with E-state index in [9.17, 15) is 8.78 Å². The Hall–Kier alpha value is -0.930. The molecule has 0 amide bonds. The highest BCUT2D eigenvalue weighted by Gasteiger charge is 2.06. The standard InChI is InChI=1S/C5H6F2N2/c1-2-9-5(7)4(6)3-8-9/h3H,2H2,1H3. The topological polar surface area (TPSA) is 17.8 Å². The van der Waals surface area contributed by atoms with Gasteiger partial charge in [0, 0.05) is 6.54 Å². The van der Waals surface area contributed by atoms with Crippen molar-refractivity contribution in [3.05, 3.63) is 18.0 Å². The molecule has 0 radical (unpaired) electrons. The molecule has 0 aliphatic heterocycles. The molecule has 0 aromatic carbocycles. The van der Waals surface area contributed by atoms with Crippen LogP contribution in [-0.4, -0.2) is 9.78 Å². The van der Waals surface area contributed by atoms with Crippen molar-refractivity contribution >= 4 is 0 Å². The second kappa shape index (κ2) is 2.13. The molecule has 0 atom stereocenters. The van der Waals surface area contributed by atoms with Gasteiger partial charge in [-0.3, -0.25) is 0 Å². The zero-order chi connectivity index (χ0) is 6.85. The first-order valence-corrected chi connectivity index (χ1v) is 2.62. The number of halogens is 2. The van der Waals surface area contributed by atoms with Crippen LogP contribution in [0.3, 0.4) is 0 Å². The Morgan fingerprint density at radius 2 is 2.33 bits per heavy atom. The summed E-state index contributed by atoms with van der Waals surface area (Å²) in [5.41, 5.74) is 0. The van der Waals surface area contributed by atoms with Crippen molar-refractivity contribution in [2.45, 2.75) is 13.5 Å². The van der Waals surface area contributed by atoms with E-state index in [1.165, 1.54) is 0 Å². The van der Waals surface area contributed by atoms with Crippen LogP contribution >= 0.6 is 0 Å². The van der Waals surface area contributed by atoms with Crippen molar-refractivity contribution < 1.29 is 8.78 Å². The Balaban J connectivity index is 3.04. The van der Waals surface area contributed by atoms with E-state index < -0.39 is 11.8 Å². The summed E-state index contributed by atoms with van der Waals surface area (Å²) in [7, 11) is 0. The number of aromatic nitrogens is 2. The van der Waals surface area contributed by atoms with Gasteiger partial charge in [0.15, 0.2) is 5.82 Å². The lowest BCUT2D eigenvalue weighted by molar-refractivity contribution is 0.427. The summed E-state index contributed by atoms with van der Waals surface area (Å²) in [5.74, 6) is -1.78. The van der Waals surface area contributed by atoms with Crippen LogP contribution in [-0.2, 0) is 6.54 Å². The normalized spacial score (nSPS) is 10.1. The highest BCUT2D eigenvalue weighted by molar-refractivity contribution is 4.87. The molecular weight excluding hydrogens is 126 g/mol. The minimum absolute atomic E-state index is 0.357. The minimum atomic E-state index is -0.892. The molecule has 1 aromatic rings. The van der Waals surface area contributed by atoms with Gasteiger partial charge >= 0.3 is 0 Å². The summed E-state index contributed by atoms with van der Waals surface area (Å²) < 4.78 is 25.3. The molecule has 50 valence electrons. The molecular formula is C5H6F2N2. The lowest BCUT2D eigenvalue weighted by Crippen LogP contribution is -1.99. The van der Waals surface area contributed by atoms with Crippen LogP contribution in [0.2, 0.25) is 0 Å². The van der Waals surface area contributed by atoms with Gasteiger partial charge in [-0.05, 0) is 6.92 Å². The van der Waals surface area contributed by atoms with Crippen molar-refractivity contribution in [1.29, 1.82) is 0 Å². The Bertz CT molecular complexity index is 207. The van der Waals surface area contributed by atoms with E-state index in [1.54, 1.807) is 6.92 Å². The summed E-state index contributed by atoms with van der Waals surface area (Å²) in [6.45, 7) is 2.05. The van der Waals surface area contributed by atoms with Gasteiger partial charge in [-0.1, -0.05) is 0 Å². The average molecular weight is 132 g/mol. The van der Waals surface area contributed by atoms with Gasteiger partial charge in [0.05, 0.1) is 6.20 Å². The second-order valence-electron chi connectivity index (χ2n) is 1.60. The molecule has 0 aliphatic carbocycles. The quantitative estimate of drug-likeness (QED) is 0.561. The molecule has 0 unspecified atom stereocenters. The van der Waals surface area contributed by atoms with Crippen LogP contribution < -0.4 is 0 Å². The van der Waals surface area contributed by atoms with Crippen molar-refractivity contribution in [2.75, 3.05) is 0 Å². The molecule has 9 heavy (non-hydrogen) atoms. The third kappa shape index (κ3) is 0.918. The second-order valence-corrected chi connectivity index (χ2v) is 1.60. The number of hydrogen-bond acceptors (Lipinski definition) is 1. The fourth-order valence-corrected chi connectivity index (χ4v) is 0.568. The van der Waals surface area contributed by atoms with E-state index in [2.05, 4.69) is 5.10 Å². The molecule has 1 rings (SSSR count). The Kier molecular flexibility index (Phi) is 1.46. The van der Waals surface area contributed by atoms with Crippen LogP contribution in [0.5, 0.6) is 0 Å². The lowest BCUT2D eigenvalue weighted by Gasteiger charge is -1.91. The molecule has 4 heteroatoms. The first kappa shape index (κ1) is 6.19. The Labute approximate surface area is 51.1 Å². The van der Waals surface area contributed by atoms with Crippen LogP contribution in [0.1, 0.15) is 6.92 Å². The van der Waals surface area contributed by atoms with E-state index in [0.717, 1.165) is 10.9 Å². The van der Waals surface area contributed by atoms with E-state index in [4.69, 9.17) is 0 Å². The highest BCUT2D eigenvalue weighted by Crippen LogP contribution is 2.01. The van der Waals surface area contributed by atoms with Gasteiger partial charge in [-0.15, -0.1) is 0 Å². The Morgan fingerprint density at radius 3 is 2.56 bits per heavy atom. The van der Waals surface area contributed by atoms with Gasteiger partial charge in [0.1, 0.15) is 0 Å². The number of hydrogen-bond donors (Lipinski definition) is 0. The van der Waals surface area contributed by atoms with Gasteiger partial charge in [0.2, 0.25) is 5.95 Å². The zero-order valence-corrected chi connectivity index (χ0v) is 4.93. The van der Waals surface area contributed by atoms with Gasteiger partial charge in [-0.2, -0.15) is 9.49 Å². The molecule has 0 saturated carbocycles. The Morgan fingerprint density at radius 1 is 1.67 bits per heavy atom. The lowest BCUT2D eigenvalue weighted by atomic mass is 10.6. The molecule has 0 bridgehead atoms. The van der Waals surface area contributed by atoms with Crippen molar-refractivity contribution in [2.24, 2.45) is 0 Å². The highest BCUT2D eigenvalue weighted by atomic mass is 19.2. The van der Waals surface area contributed by atoms with Crippen LogP contribution in [0.15, 0.2) is 6.20 Å². The molecule has 0 N–H and O–H groups in total. The maximum Gasteiger partial charge on any atom is 0.247 e. The third-order valence-corrected chi connectivity index (χ3v) is 1.03. The van der Waals surface area contributed by atoms with E-state index in [1.807, 2.05) is 0 Å². The van der Waals surface area contributed by atoms with Crippen molar-refractivity contribution in [3.63, 3.8) is 0 Å². The fourth-order valence-electron chi connectivity index (χ4n) is 0.568. The zero-order valence-electron chi connectivity index (χ0n) is 4.93. The van der Waals surface area contributed by atoms with Crippen LogP contribution in [0.25, 0.3) is 0 Å². The summed E-state index contributed by atoms with van der Waals surface area (Å²) in [5, 5.41) is 3.40. The predicted octanol–water partition coefficient (Wildman–Crippen LogP) is 1.18. The molecule has 0 fully saturated rings. The molecule has 2 nitrogen and oxygen atoms in total. The SMILES string of the molecule is CCn1ncc(F)c1F. The maximum atomic E-state index is 12.3. The fraction of sp³-hybridized carbons (Fsp3) is 0.400. The average Bonchev–Trinajstić information content (AvgIpc) is 2.15. The smallest absolute Gasteiger partial charge is 0.237 e. The van der Waals surface area contributed by atoms with E-state index in [-0.39, 0.29) is 0 Å². The monoisotopic (exact) mass is 132 g/mol. The minimum Gasteiger partial charge on any atom is -0.237 e. The summed E-state index contributed by atoms with van der Waals surface area (Å²) in [6.07, 6.45) is 0.860. The van der Waals surface area contributed by atoms with Crippen LogP contribution in [0, 0.1) is 11.8 Å². The summed E-state index contributed by atoms with van der Waals surface area (Å²) >= 11 is 0. The van der Waals surface area contributed by atoms with Crippen LogP contribution in [0.4, 0.5) is 8.78 Å².